The Morgan fingerprint density at radius 1 is 1.24 bits per heavy atom. The first-order chi connectivity index (χ1) is 14.1. The van der Waals surface area contributed by atoms with E-state index in [1.165, 1.54) is 23.0 Å². The second-order valence-corrected chi connectivity index (χ2v) is 8.03. The predicted octanol–water partition coefficient (Wildman–Crippen LogP) is 3.73. The quantitative estimate of drug-likeness (QED) is 0.252. The molecule has 148 valence electrons. The van der Waals surface area contributed by atoms with Gasteiger partial charge >= 0.3 is 5.97 Å². The molecule has 0 saturated carbocycles. The molecule has 0 bridgehead atoms. The van der Waals surface area contributed by atoms with Crippen LogP contribution in [0, 0.1) is 0 Å². The number of thiophene rings is 1. The Labute approximate surface area is 174 Å². The molecule has 0 atom stereocenters. The van der Waals surface area contributed by atoms with Crippen molar-refractivity contribution in [3.8, 4) is 0 Å². The fourth-order valence-corrected chi connectivity index (χ4v) is 4.16. The lowest BCUT2D eigenvalue weighted by Crippen LogP contribution is -2.30. The topological polar surface area (TPSA) is 85.5 Å². The fourth-order valence-electron chi connectivity index (χ4n) is 2.77. The van der Waals surface area contributed by atoms with Crippen LogP contribution in [0.3, 0.4) is 0 Å². The van der Waals surface area contributed by atoms with Crippen molar-refractivity contribution >= 4 is 57.0 Å². The molecule has 0 aliphatic rings. The van der Waals surface area contributed by atoms with E-state index in [9.17, 15) is 9.59 Å². The molecule has 4 rings (SSSR count). The number of furan rings is 1. The van der Waals surface area contributed by atoms with Gasteiger partial charge in [-0.15, -0.1) is 0 Å². The van der Waals surface area contributed by atoms with Gasteiger partial charge in [-0.2, -0.15) is 11.3 Å². The summed E-state index contributed by atoms with van der Waals surface area (Å²) >= 11 is 2.77. The van der Waals surface area contributed by atoms with Crippen LogP contribution < -0.4 is 0 Å². The molecule has 0 spiro atoms. The molecule has 0 unspecified atom stereocenters. The fraction of sp³-hybridized carbons (Fsp3) is 0.200. The Hall–Kier alpha value is -2.91. The molecule has 1 aromatic carbocycles. The lowest BCUT2D eigenvalue weighted by atomic mass is 10.2. The van der Waals surface area contributed by atoms with E-state index in [2.05, 4.69) is 9.97 Å². The predicted molar refractivity (Wildman–Crippen MR) is 112 cm³/mol. The number of fused-ring (bicyclic) bond motifs is 3. The zero-order valence-electron chi connectivity index (χ0n) is 15.5. The number of hydrogen-bond donors (Lipinski definition) is 0. The first-order valence-electron chi connectivity index (χ1n) is 8.77. The van der Waals surface area contributed by atoms with Crippen molar-refractivity contribution in [2.45, 2.75) is 11.6 Å². The summed E-state index contributed by atoms with van der Waals surface area (Å²) in [7, 11) is 1.68. The number of esters is 1. The molecule has 3 heterocycles. The molecule has 0 N–H and O–H groups in total. The van der Waals surface area contributed by atoms with Crippen molar-refractivity contribution in [2.24, 2.45) is 0 Å². The van der Waals surface area contributed by atoms with Gasteiger partial charge in [-0.3, -0.25) is 9.59 Å². The number of thioether (sulfide) groups is 1. The van der Waals surface area contributed by atoms with Gasteiger partial charge in [0.15, 0.2) is 12.2 Å². The van der Waals surface area contributed by atoms with E-state index in [1.807, 2.05) is 41.1 Å². The van der Waals surface area contributed by atoms with Crippen LogP contribution in [0.2, 0.25) is 0 Å². The molecule has 1 amide bonds. The number of benzene rings is 1. The minimum atomic E-state index is -0.491. The Morgan fingerprint density at radius 3 is 2.93 bits per heavy atom. The molecule has 7 nitrogen and oxygen atoms in total. The Kier molecular flexibility index (Phi) is 5.77. The zero-order valence-corrected chi connectivity index (χ0v) is 17.2. The summed E-state index contributed by atoms with van der Waals surface area (Å²) < 4.78 is 11.0. The van der Waals surface area contributed by atoms with Crippen LogP contribution in [0.25, 0.3) is 22.1 Å². The summed E-state index contributed by atoms with van der Waals surface area (Å²) in [4.78, 5) is 34.2. The average molecular weight is 428 g/mol. The number of nitrogens with zero attached hydrogens (tertiary/aromatic N) is 3. The lowest BCUT2D eigenvalue weighted by Gasteiger charge is -2.16. The molecule has 0 aliphatic heterocycles. The molecule has 9 heteroatoms. The Balaban J connectivity index is 1.33. The normalized spacial score (nSPS) is 11.1. The maximum Gasteiger partial charge on any atom is 0.316 e. The van der Waals surface area contributed by atoms with Crippen molar-refractivity contribution in [3.63, 3.8) is 0 Å². The molecule has 3 aromatic heterocycles. The van der Waals surface area contributed by atoms with E-state index in [0.29, 0.717) is 28.3 Å². The van der Waals surface area contributed by atoms with Gasteiger partial charge in [0.2, 0.25) is 0 Å². The number of para-hydroxylation sites is 1. The van der Waals surface area contributed by atoms with Crippen LogP contribution in [-0.2, 0) is 20.9 Å². The summed E-state index contributed by atoms with van der Waals surface area (Å²) in [5.74, 6) is -0.726. The number of likely N-dealkylation sites (N-methyl/N-ethyl adjacent to an activating group) is 1. The highest BCUT2D eigenvalue weighted by atomic mass is 32.2. The van der Waals surface area contributed by atoms with Crippen LogP contribution in [0.4, 0.5) is 0 Å². The molecular formula is C20H17N3O4S2. The highest BCUT2D eigenvalue weighted by Crippen LogP contribution is 2.32. The maximum atomic E-state index is 12.1. The average Bonchev–Trinajstić information content (AvgIpc) is 3.38. The van der Waals surface area contributed by atoms with Gasteiger partial charge < -0.3 is 14.1 Å². The Morgan fingerprint density at radius 2 is 2.10 bits per heavy atom. The molecule has 4 aromatic rings. The van der Waals surface area contributed by atoms with Crippen molar-refractivity contribution < 1.29 is 18.7 Å². The number of amides is 1. The largest absolute Gasteiger partial charge is 0.455 e. The number of rotatable bonds is 7. The number of carbonyl (C=O) groups excluding carboxylic acids is 2. The summed E-state index contributed by atoms with van der Waals surface area (Å²) in [5, 5.41) is 5.39. The van der Waals surface area contributed by atoms with Gasteiger partial charge in [0.1, 0.15) is 22.5 Å². The molecular weight excluding hydrogens is 410 g/mol. The second-order valence-electron chi connectivity index (χ2n) is 6.29. The number of carbonyl (C=O) groups is 2. The van der Waals surface area contributed by atoms with Crippen molar-refractivity contribution in [1.29, 1.82) is 0 Å². The molecule has 0 aliphatic carbocycles. The van der Waals surface area contributed by atoms with Crippen LogP contribution >= 0.6 is 23.1 Å². The third kappa shape index (κ3) is 4.41. The van der Waals surface area contributed by atoms with E-state index in [-0.39, 0.29) is 18.3 Å². The van der Waals surface area contributed by atoms with Gasteiger partial charge in [-0.1, -0.05) is 23.9 Å². The van der Waals surface area contributed by atoms with Gasteiger partial charge in [-0.05, 0) is 34.5 Å². The number of ether oxygens (including phenoxy) is 1. The molecule has 0 fully saturated rings. The second kappa shape index (κ2) is 8.62. The smallest absolute Gasteiger partial charge is 0.316 e. The van der Waals surface area contributed by atoms with E-state index in [4.69, 9.17) is 9.15 Å². The molecule has 0 saturated heterocycles. The minimum absolute atomic E-state index is 0.0185. The zero-order chi connectivity index (χ0) is 20.2. The highest BCUT2D eigenvalue weighted by molar-refractivity contribution is 8.00. The Bertz CT molecular complexity index is 1160. The van der Waals surface area contributed by atoms with Crippen molar-refractivity contribution in [3.05, 3.63) is 53.0 Å². The van der Waals surface area contributed by atoms with Gasteiger partial charge in [0, 0.05) is 19.0 Å². The van der Waals surface area contributed by atoms with E-state index < -0.39 is 5.97 Å². The maximum absolute atomic E-state index is 12.1. The summed E-state index contributed by atoms with van der Waals surface area (Å²) in [6.07, 6.45) is 1.45. The van der Waals surface area contributed by atoms with Gasteiger partial charge in [0.05, 0.1) is 5.75 Å². The van der Waals surface area contributed by atoms with Crippen molar-refractivity contribution in [2.75, 3.05) is 19.4 Å². The molecule has 0 radical (unpaired) electrons. The monoisotopic (exact) mass is 427 g/mol. The van der Waals surface area contributed by atoms with Crippen LogP contribution in [-0.4, -0.2) is 46.2 Å². The summed E-state index contributed by atoms with van der Waals surface area (Å²) in [6, 6.07) is 9.54. The third-order valence-corrected chi connectivity index (χ3v) is 5.91. The lowest BCUT2D eigenvalue weighted by molar-refractivity contribution is -0.149. The SMILES string of the molecule is CN(Cc1ccsc1)C(=O)COC(=O)CSc1ncnc2c1oc1ccccc12. The van der Waals surface area contributed by atoms with Crippen molar-refractivity contribution in [1.82, 2.24) is 14.9 Å². The first-order valence-corrected chi connectivity index (χ1v) is 10.7. The van der Waals surface area contributed by atoms with E-state index in [0.717, 1.165) is 10.9 Å². The van der Waals surface area contributed by atoms with Crippen LogP contribution in [0.5, 0.6) is 0 Å². The first kappa shape index (κ1) is 19.4. The standard InChI is InChI=1S/C20H17N3O4S2/c1-23(8-13-6-7-28-10-13)16(24)9-26-17(25)11-29-20-19-18(21-12-22-20)14-4-2-3-5-15(14)27-19/h2-7,10,12H,8-9,11H2,1H3. The highest BCUT2D eigenvalue weighted by Gasteiger charge is 2.16. The van der Waals surface area contributed by atoms with Crippen LogP contribution in [0.1, 0.15) is 5.56 Å². The summed E-state index contributed by atoms with van der Waals surface area (Å²) in [5.41, 5.74) is 3.01. The molecule has 29 heavy (non-hydrogen) atoms. The minimum Gasteiger partial charge on any atom is -0.455 e. The van der Waals surface area contributed by atoms with Gasteiger partial charge in [0.25, 0.3) is 5.91 Å². The summed E-state index contributed by atoms with van der Waals surface area (Å²) in [6.45, 7) is 0.198. The number of aromatic nitrogens is 2. The van der Waals surface area contributed by atoms with Gasteiger partial charge in [-0.25, -0.2) is 9.97 Å². The number of hydrogen-bond acceptors (Lipinski definition) is 8. The third-order valence-electron chi connectivity index (χ3n) is 4.23. The van der Waals surface area contributed by atoms with Crippen LogP contribution in [0.15, 0.2) is 56.9 Å². The van der Waals surface area contributed by atoms with E-state index in [1.54, 1.807) is 18.4 Å². The van der Waals surface area contributed by atoms with E-state index >= 15 is 0 Å².